The highest BCUT2D eigenvalue weighted by atomic mass is 19.4. The van der Waals surface area contributed by atoms with Gasteiger partial charge in [0.25, 0.3) is 5.91 Å². The summed E-state index contributed by atoms with van der Waals surface area (Å²) in [5, 5.41) is 0. The van der Waals surface area contributed by atoms with E-state index in [1.165, 1.54) is 18.2 Å². The summed E-state index contributed by atoms with van der Waals surface area (Å²) in [6.45, 7) is 3.30. The largest absolute Gasteiger partial charge is 0.573 e. The van der Waals surface area contributed by atoms with Crippen LogP contribution in [0, 0.1) is 0 Å². The van der Waals surface area contributed by atoms with Gasteiger partial charge >= 0.3 is 6.36 Å². The van der Waals surface area contributed by atoms with E-state index in [0.29, 0.717) is 37.2 Å². The molecule has 2 aliphatic heterocycles. The fourth-order valence-electron chi connectivity index (χ4n) is 3.48. The zero-order valence-electron chi connectivity index (χ0n) is 15.3. The Labute approximate surface area is 156 Å². The first-order valence-corrected chi connectivity index (χ1v) is 9.27. The van der Waals surface area contributed by atoms with Gasteiger partial charge in [-0.15, -0.1) is 13.2 Å². The molecule has 0 bridgehead atoms. The molecule has 2 atom stereocenters. The second-order valence-electron chi connectivity index (χ2n) is 6.90. The highest BCUT2D eigenvalue weighted by molar-refractivity contribution is 5.97. The number of alkyl halides is 3. The molecule has 0 spiro atoms. The van der Waals surface area contributed by atoms with Crippen LogP contribution in [0.3, 0.4) is 0 Å². The number of ether oxygens (including phenoxy) is 3. The van der Waals surface area contributed by atoms with E-state index in [1.54, 1.807) is 11.8 Å². The summed E-state index contributed by atoms with van der Waals surface area (Å²) in [6, 6.07) is 4.09. The Hall–Kier alpha value is -1.80. The SMILES string of the molecule is CC(OCC1CCCCO1)C(=O)N1CCCc2cc(OC(F)(F)F)ccc21. The van der Waals surface area contributed by atoms with Crippen LogP contribution in [0.15, 0.2) is 18.2 Å². The van der Waals surface area contributed by atoms with Gasteiger partial charge in [0.2, 0.25) is 0 Å². The minimum atomic E-state index is -4.73. The maximum absolute atomic E-state index is 12.8. The lowest BCUT2D eigenvalue weighted by molar-refractivity contribution is -0.274. The number of hydrogen-bond acceptors (Lipinski definition) is 4. The van der Waals surface area contributed by atoms with Gasteiger partial charge in [-0.2, -0.15) is 0 Å². The number of rotatable bonds is 5. The van der Waals surface area contributed by atoms with Crippen LogP contribution >= 0.6 is 0 Å². The fraction of sp³-hybridized carbons (Fsp3) is 0.632. The first kappa shape index (κ1) is 19.9. The average molecular weight is 387 g/mol. The summed E-state index contributed by atoms with van der Waals surface area (Å²) in [5.41, 5.74) is 1.28. The number of hydrogen-bond donors (Lipinski definition) is 0. The molecular weight excluding hydrogens is 363 g/mol. The van der Waals surface area contributed by atoms with Crippen LogP contribution in [0.25, 0.3) is 0 Å². The standard InChI is InChI=1S/C19H24F3NO4/c1-13(26-12-16-6-2-3-10-25-16)18(24)23-9-4-5-14-11-15(7-8-17(14)23)27-19(20,21)22/h7-8,11,13,16H,2-6,9-10,12H2,1H3. The van der Waals surface area contributed by atoms with E-state index in [9.17, 15) is 18.0 Å². The molecule has 2 heterocycles. The molecule has 150 valence electrons. The summed E-state index contributed by atoms with van der Waals surface area (Å²) in [7, 11) is 0. The highest BCUT2D eigenvalue weighted by Gasteiger charge is 2.32. The van der Waals surface area contributed by atoms with E-state index in [2.05, 4.69) is 4.74 Å². The van der Waals surface area contributed by atoms with Crippen molar-refractivity contribution in [1.82, 2.24) is 0 Å². The van der Waals surface area contributed by atoms with Gasteiger partial charge in [0.15, 0.2) is 0 Å². The van der Waals surface area contributed by atoms with Crippen LogP contribution in [0.2, 0.25) is 0 Å². The number of amides is 1. The number of anilines is 1. The summed E-state index contributed by atoms with van der Waals surface area (Å²) in [4.78, 5) is 14.4. The molecule has 8 heteroatoms. The fourth-order valence-corrected chi connectivity index (χ4v) is 3.48. The zero-order valence-corrected chi connectivity index (χ0v) is 15.3. The van der Waals surface area contributed by atoms with E-state index in [1.807, 2.05) is 0 Å². The van der Waals surface area contributed by atoms with Crippen LogP contribution in [0.5, 0.6) is 5.75 Å². The van der Waals surface area contributed by atoms with Gasteiger partial charge in [-0.3, -0.25) is 4.79 Å². The maximum atomic E-state index is 12.8. The Kier molecular flexibility index (Phi) is 6.26. The number of nitrogens with zero attached hydrogens (tertiary/aromatic N) is 1. The number of benzene rings is 1. The Morgan fingerprint density at radius 2 is 2.15 bits per heavy atom. The predicted octanol–water partition coefficient (Wildman–Crippen LogP) is 3.84. The lowest BCUT2D eigenvalue weighted by Gasteiger charge is -2.32. The molecule has 1 aromatic rings. The topological polar surface area (TPSA) is 48.0 Å². The minimum absolute atomic E-state index is 0.0183. The first-order chi connectivity index (χ1) is 12.8. The second kappa shape index (κ2) is 8.48. The summed E-state index contributed by atoms with van der Waals surface area (Å²) in [6.07, 6.45) is -1.02. The van der Waals surface area contributed by atoms with Gasteiger partial charge in [-0.25, -0.2) is 0 Å². The van der Waals surface area contributed by atoms with Gasteiger partial charge < -0.3 is 19.1 Å². The van der Waals surface area contributed by atoms with Crippen LogP contribution in [-0.4, -0.2) is 44.2 Å². The minimum Gasteiger partial charge on any atom is -0.406 e. The molecule has 3 rings (SSSR count). The van der Waals surface area contributed by atoms with Crippen molar-refractivity contribution in [2.45, 2.75) is 57.6 Å². The van der Waals surface area contributed by atoms with Gasteiger partial charge in [0.05, 0.1) is 12.7 Å². The van der Waals surface area contributed by atoms with Crippen molar-refractivity contribution in [2.75, 3.05) is 24.7 Å². The number of halogens is 3. The molecule has 5 nitrogen and oxygen atoms in total. The molecule has 1 saturated heterocycles. The molecule has 27 heavy (non-hydrogen) atoms. The third-order valence-corrected chi connectivity index (χ3v) is 4.82. The first-order valence-electron chi connectivity index (χ1n) is 9.27. The molecule has 0 saturated carbocycles. The third-order valence-electron chi connectivity index (χ3n) is 4.82. The van der Waals surface area contributed by atoms with Crippen LogP contribution in [0.4, 0.5) is 18.9 Å². The van der Waals surface area contributed by atoms with E-state index in [0.717, 1.165) is 25.9 Å². The lowest BCUT2D eigenvalue weighted by atomic mass is 10.0. The maximum Gasteiger partial charge on any atom is 0.573 e. The smallest absolute Gasteiger partial charge is 0.406 e. The average Bonchev–Trinajstić information content (AvgIpc) is 2.64. The van der Waals surface area contributed by atoms with Gasteiger partial charge in [-0.1, -0.05) is 0 Å². The van der Waals surface area contributed by atoms with Gasteiger partial charge in [0.1, 0.15) is 11.9 Å². The van der Waals surface area contributed by atoms with Crippen molar-refractivity contribution in [3.05, 3.63) is 23.8 Å². The zero-order chi connectivity index (χ0) is 19.4. The van der Waals surface area contributed by atoms with E-state index in [4.69, 9.17) is 9.47 Å². The van der Waals surface area contributed by atoms with Crippen LogP contribution < -0.4 is 9.64 Å². The molecule has 1 amide bonds. The number of carbonyl (C=O) groups excluding carboxylic acids is 1. The van der Waals surface area contributed by atoms with Crippen molar-refractivity contribution >= 4 is 11.6 Å². The normalized spacial score (nSPS) is 21.5. The molecule has 1 aromatic carbocycles. The van der Waals surface area contributed by atoms with Gasteiger partial charge in [0, 0.05) is 18.8 Å². The Balaban J connectivity index is 1.64. The quantitative estimate of drug-likeness (QED) is 0.770. The predicted molar refractivity (Wildman–Crippen MR) is 92.8 cm³/mol. The molecule has 0 aromatic heterocycles. The number of fused-ring (bicyclic) bond motifs is 1. The Morgan fingerprint density at radius 3 is 2.85 bits per heavy atom. The van der Waals surface area contributed by atoms with E-state index < -0.39 is 12.5 Å². The van der Waals surface area contributed by atoms with Crippen molar-refractivity contribution in [1.29, 1.82) is 0 Å². The molecule has 1 fully saturated rings. The van der Waals surface area contributed by atoms with E-state index in [-0.39, 0.29) is 17.8 Å². The van der Waals surface area contributed by atoms with Gasteiger partial charge in [-0.05, 0) is 62.8 Å². The van der Waals surface area contributed by atoms with Crippen molar-refractivity contribution in [3.8, 4) is 5.75 Å². The van der Waals surface area contributed by atoms with Crippen LogP contribution in [-0.2, 0) is 20.7 Å². The number of aryl methyl sites for hydroxylation is 1. The second-order valence-corrected chi connectivity index (χ2v) is 6.90. The van der Waals surface area contributed by atoms with Crippen molar-refractivity contribution in [3.63, 3.8) is 0 Å². The summed E-state index contributed by atoms with van der Waals surface area (Å²) < 4.78 is 52.5. The Bertz CT molecular complexity index is 659. The summed E-state index contributed by atoms with van der Waals surface area (Å²) >= 11 is 0. The van der Waals surface area contributed by atoms with E-state index >= 15 is 0 Å². The number of carbonyl (C=O) groups is 1. The Morgan fingerprint density at radius 1 is 1.33 bits per heavy atom. The third kappa shape index (κ3) is 5.35. The molecule has 0 aliphatic carbocycles. The lowest BCUT2D eigenvalue weighted by Crippen LogP contribution is -2.43. The molecule has 2 unspecified atom stereocenters. The monoisotopic (exact) mass is 387 g/mol. The highest BCUT2D eigenvalue weighted by Crippen LogP contribution is 2.33. The molecule has 0 radical (unpaired) electrons. The molecular formula is C19H24F3NO4. The van der Waals surface area contributed by atoms with Crippen molar-refractivity contribution in [2.24, 2.45) is 0 Å². The van der Waals surface area contributed by atoms with Crippen LogP contribution in [0.1, 0.15) is 38.2 Å². The molecule has 0 N–H and O–H groups in total. The van der Waals surface area contributed by atoms with Crippen molar-refractivity contribution < 1.29 is 32.2 Å². The molecule has 2 aliphatic rings. The summed E-state index contributed by atoms with van der Waals surface area (Å²) in [5.74, 6) is -0.467.